The number of fused-ring (bicyclic) bond motifs is 1. The topological polar surface area (TPSA) is 413 Å². The minimum absolute atomic E-state index is 0.0299. The lowest BCUT2D eigenvalue weighted by molar-refractivity contribution is -0.135. The van der Waals surface area contributed by atoms with Crippen molar-refractivity contribution in [2.45, 2.75) is 154 Å². The van der Waals surface area contributed by atoms with Crippen molar-refractivity contribution in [1.82, 2.24) is 62.8 Å². The monoisotopic (exact) mass is 1140 g/mol. The summed E-state index contributed by atoms with van der Waals surface area (Å²) in [5.41, 5.74) is 13.4. The van der Waals surface area contributed by atoms with Crippen molar-refractivity contribution < 1.29 is 57.8 Å². The molecule has 11 amide bonds. The zero-order chi connectivity index (χ0) is 60.6. The molecule has 0 aliphatic heterocycles. The molecule has 9 atom stereocenters. The quantitative estimate of drug-likeness (QED) is 0.0242. The molecule has 0 aliphatic rings. The van der Waals surface area contributed by atoms with E-state index in [1.165, 1.54) is 19.4 Å². The van der Waals surface area contributed by atoms with Gasteiger partial charge in [0.2, 0.25) is 65.5 Å². The van der Waals surface area contributed by atoms with Gasteiger partial charge in [-0.05, 0) is 61.1 Å². The summed E-state index contributed by atoms with van der Waals surface area (Å²) in [4.78, 5) is 156. The number of aliphatic hydroxyl groups is 1. The van der Waals surface area contributed by atoms with Crippen LogP contribution in [0.1, 0.15) is 97.4 Å². The van der Waals surface area contributed by atoms with Crippen LogP contribution >= 0.6 is 0 Å². The first-order valence-electron chi connectivity index (χ1n) is 27.2. The van der Waals surface area contributed by atoms with E-state index < -0.39 is 132 Å². The van der Waals surface area contributed by atoms with Gasteiger partial charge in [0.15, 0.2) is 0 Å². The number of nitrogens with two attached hydrogens (primary N) is 2. The third-order valence-electron chi connectivity index (χ3n) is 13.3. The Morgan fingerprint density at radius 2 is 1.23 bits per heavy atom. The number of carbonyl (C=O) groups excluding carboxylic acids is 11. The molecule has 2 aromatic carbocycles. The van der Waals surface area contributed by atoms with Gasteiger partial charge in [-0.15, -0.1) is 0 Å². The normalized spacial score (nSPS) is 14.6. The number of amides is 11. The molecule has 9 unspecified atom stereocenters. The van der Waals surface area contributed by atoms with Crippen molar-refractivity contribution in [3.05, 3.63) is 90.1 Å². The molecular formula is C56H80N14O12. The van der Waals surface area contributed by atoms with E-state index in [-0.39, 0.29) is 56.8 Å². The van der Waals surface area contributed by atoms with E-state index >= 15 is 0 Å². The second kappa shape index (κ2) is 32.5. The molecule has 0 saturated carbocycles. The smallest absolute Gasteiger partial charge is 0.243 e. The molecular weight excluding hydrogens is 1060 g/mol. The Bertz CT molecular complexity index is 2810. The standard InChI is InChI=1S/C56H80N14O12/c1-30(2)19-40(45(72)24-47(74)65-41(50(58)76)20-31(3)4)68-55(81)44(23-36-26-59-28-62-36)66-48(75)27-61-56(82)49(32(5)6)70-51(77)33(7)64-54(80)43(22-35-25-60-38-16-12-11-15-37(35)38)69-52(78)39(17-18-46(57)73)67-53(79)42(63-29-71)21-34-13-9-8-10-14-34/h8-16,25-26,28-33,39-45,49,60,72H,17-24,27H2,1-7H3,(H2,57,73)(H2,58,76)(H,59,62)(H,61,82)(H,63,71)(H,64,80)(H,65,74)(H,66,75)(H,67,79)(H,68,81)(H,69,78)(H,70,77). The van der Waals surface area contributed by atoms with Gasteiger partial charge in [-0.3, -0.25) is 52.7 Å². The van der Waals surface area contributed by atoms with Crippen molar-refractivity contribution in [2.24, 2.45) is 29.2 Å². The average Bonchev–Trinajstić information content (AvgIpc) is 4.17. The summed E-state index contributed by atoms with van der Waals surface area (Å²) >= 11 is 0. The molecule has 4 rings (SSSR count). The van der Waals surface area contributed by atoms with Gasteiger partial charge in [0.25, 0.3) is 0 Å². The van der Waals surface area contributed by atoms with Gasteiger partial charge in [0, 0.05) is 54.7 Å². The largest absolute Gasteiger partial charge is 0.390 e. The number of rotatable bonds is 35. The number of aromatic amines is 2. The Kier molecular flexibility index (Phi) is 26.1. The van der Waals surface area contributed by atoms with Gasteiger partial charge in [-0.2, -0.15) is 0 Å². The van der Waals surface area contributed by atoms with Gasteiger partial charge in [-0.1, -0.05) is 90.1 Å². The number of aromatic nitrogens is 3. The maximum absolute atomic E-state index is 14.3. The van der Waals surface area contributed by atoms with Gasteiger partial charge < -0.3 is 74.4 Å². The molecule has 82 heavy (non-hydrogen) atoms. The van der Waals surface area contributed by atoms with E-state index in [1.54, 1.807) is 68.6 Å². The number of benzene rings is 2. The molecule has 4 aromatic rings. The number of nitrogens with zero attached hydrogens (tertiary/aromatic N) is 1. The van der Waals surface area contributed by atoms with E-state index in [4.69, 9.17) is 11.5 Å². The van der Waals surface area contributed by atoms with Crippen LogP contribution < -0.4 is 59.3 Å². The highest BCUT2D eigenvalue weighted by Crippen LogP contribution is 2.20. The van der Waals surface area contributed by atoms with Crippen LogP contribution in [-0.4, -0.2) is 147 Å². The number of carbonyl (C=O) groups is 11. The van der Waals surface area contributed by atoms with E-state index in [0.717, 1.165) is 10.9 Å². The minimum Gasteiger partial charge on any atom is -0.390 e. The summed E-state index contributed by atoms with van der Waals surface area (Å²) in [7, 11) is 0. The predicted molar refractivity (Wildman–Crippen MR) is 302 cm³/mol. The predicted octanol–water partition coefficient (Wildman–Crippen LogP) is -1.19. The fourth-order valence-corrected chi connectivity index (χ4v) is 8.94. The zero-order valence-corrected chi connectivity index (χ0v) is 47.3. The number of primary amides is 2. The summed E-state index contributed by atoms with van der Waals surface area (Å²) in [5, 5.41) is 35.3. The second-order valence-electron chi connectivity index (χ2n) is 21.5. The number of nitrogens with one attached hydrogen (secondary N) is 11. The number of imidazole rings is 1. The SMILES string of the molecule is CC(C)CC(NC(=O)CC(O)C(CC(C)C)NC(=O)C(Cc1cnc[nH]1)NC(=O)CNC(=O)C(NC(=O)C(C)NC(=O)C(Cc1c[nH]c2ccccc12)NC(=O)C(CCC(N)=O)NC(=O)C(Cc1ccccc1)NC=O)C(C)C)C(N)=O. The molecule has 26 nitrogen and oxygen atoms in total. The van der Waals surface area contributed by atoms with Crippen LogP contribution in [0.3, 0.4) is 0 Å². The highest BCUT2D eigenvalue weighted by Gasteiger charge is 2.34. The van der Waals surface area contributed by atoms with Crippen molar-refractivity contribution in [3.63, 3.8) is 0 Å². The maximum Gasteiger partial charge on any atom is 0.243 e. The second-order valence-corrected chi connectivity index (χ2v) is 21.5. The Balaban J connectivity index is 1.46. The summed E-state index contributed by atoms with van der Waals surface area (Å²) in [6.45, 7) is 11.3. The van der Waals surface area contributed by atoms with Gasteiger partial charge in [-0.25, -0.2) is 4.98 Å². The molecule has 0 fully saturated rings. The summed E-state index contributed by atoms with van der Waals surface area (Å²) < 4.78 is 0. The fraction of sp³-hybridized carbons (Fsp3) is 0.500. The number of H-pyrrole nitrogens is 2. The lowest BCUT2D eigenvalue weighted by atomic mass is 9.96. The Morgan fingerprint density at radius 3 is 1.85 bits per heavy atom. The van der Waals surface area contributed by atoms with E-state index in [2.05, 4.69) is 62.8 Å². The number of hydrogen-bond acceptors (Lipinski definition) is 13. The highest BCUT2D eigenvalue weighted by molar-refractivity contribution is 5.98. The van der Waals surface area contributed by atoms with Crippen LogP contribution in [0.2, 0.25) is 0 Å². The van der Waals surface area contributed by atoms with E-state index in [1.807, 2.05) is 33.8 Å². The van der Waals surface area contributed by atoms with Gasteiger partial charge >= 0.3 is 0 Å². The lowest BCUT2D eigenvalue weighted by Crippen LogP contribution is -2.59. The molecule has 0 aliphatic carbocycles. The average molecular weight is 1140 g/mol. The first-order valence-corrected chi connectivity index (χ1v) is 27.2. The molecule has 0 radical (unpaired) electrons. The molecule has 2 aromatic heterocycles. The Hall–Kier alpha value is -8.68. The molecule has 16 N–H and O–H groups in total. The third-order valence-corrected chi connectivity index (χ3v) is 13.3. The van der Waals surface area contributed by atoms with Gasteiger partial charge in [0.1, 0.15) is 42.3 Å². The Morgan fingerprint density at radius 1 is 0.622 bits per heavy atom. The molecule has 26 heteroatoms. The minimum atomic E-state index is -1.43. The molecule has 2 heterocycles. The number of para-hydroxylation sites is 1. The first kappa shape index (κ1) is 65.8. The first-order chi connectivity index (χ1) is 38.8. The zero-order valence-electron chi connectivity index (χ0n) is 47.3. The van der Waals surface area contributed by atoms with E-state index in [9.17, 15) is 57.8 Å². The summed E-state index contributed by atoms with van der Waals surface area (Å²) in [5.74, 6) is -8.41. The van der Waals surface area contributed by atoms with Crippen molar-refractivity contribution >= 4 is 76.4 Å². The van der Waals surface area contributed by atoms with Crippen molar-refractivity contribution in [2.75, 3.05) is 6.54 Å². The van der Waals surface area contributed by atoms with Crippen LogP contribution in [0.15, 0.2) is 73.3 Å². The van der Waals surface area contributed by atoms with Crippen LogP contribution in [0, 0.1) is 17.8 Å². The number of hydrogen-bond donors (Lipinski definition) is 14. The molecule has 0 saturated heterocycles. The lowest BCUT2D eigenvalue weighted by Gasteiger charge is -2.28. The van der Waals surface area contributed by atoms with Crippen LogP contribution in [-0.2, 0) is 72.0 Å². The van der Waals surface area contributed by atoms with Crippen molar-refractivity contribution in [1.29, 1.82) is 0 Å². The van der Waals surface area contributed by atoms with Crippen LogP contribution in [0.25, 0.3) is 10.9 Å². The van der Waals surface area contributed by atoms with Gasteiger partial charge in [0.05, 0.1) is 31.4 Å². The summed E-state index contributed by atoms with van der Waals surface area (Å²) in [6, 6.07) is 6.18. The highest BCUT2D eigenvalue weighted by atomic mass is 16.3. The maximum atomic E-state index is 14.3. The Labute approximate surface area is 475 Å². The van der Waals surface area contributed by atoms with Crippen LogP contribution in [0.5, 0.6) is 0 Å². The fourth-order valence-electron chi connectivity index (χ4n) is 8.94. The van der Waals surface area contributed by atoms with E-state index in [0.29, 0.717) is 23.2 Å². The summed E-state index contributed by atoms with van der Waals surface area (Å²) in [6.07, 6.45) is 2.64. The molecule has 446 valence electrons. The van der Waals surface area contributed by atoms with Crippen LogP contribution in [0.4, 0.5) is 0 Å². The number of aliphatic hydroxyl groups excluding tert-OH is 1. The molecule has 0 bridgehead atoms. The molecule has 0 spiro atoms. The third kappa shape index (κ3) is 21.8. The van der Waals surface area contributed by atoms with Crippen molar-refractivity contribution in [3.8, 4) is 0 Å².